The molecule has 3 rings (SSSR count). The van der Waals surface area contributed by atoms with Crippen molar-refractivity contribution >= 4 is 21.8 Å². The van der Waals surface area contributed by atoms with Gasteiger partial charge in [-0.1, -0.05) is 17.7 Å². The zero-order valence-electron chi connectivity index (χ0n) is 17.2. The fourth-order valence-electron chi connectivity index (χ4n) is 3.44. The molecular formula is C21H23F2N3O4S. The van der Waals surface area contributed by atoms with Crippen molar-refractivity contribution in [2.24, 2.45) is 0 Å². The number of carbonyl (C=O) groups excluding carboxylic acids is 2. The van der Waals surface area contributed by atoms with Gasteiger partial charge >= 0.3 is 0 Å². The van der Waals surface area contributed by atoms with Crippen LogP contribution in [0, 0.1) is 25.5 Å². The SMILES string of the molecule is Cc1ccc(S(=O)(=O)N2CCN(C(=O)CNC(=O)c3ccc(F)cc3F)CC2)c(C)c1. The molecule has 0 radical (unpaired) electrons. The largest absolute Gasteiger partial charge is 0.343 e. The van der Waals surface area contributed by atoms with Crippen LogP contribution in [-0.4, -0.2) is 62.2 Å². The van der Waals surface area contributed by atoms with E-state index in [1.165, 1.54) is 9.21 Å². The first-order valence-electron chi connectivity index (χ1n) is 9.68. The Labute approximate surface area is 179 Å². The van der Waals surface area contributed by atoms with Gasteiger partial charge < -0.3 is 10.2 Å². The fourth-order valence-corrected chi connectivity index (χ4v) is 5.07. The van der Waals surface area contributed by atoms with Crippen LogP contribution in [0.4, 0.5) is 8.78 Å². The first-order valence-corrected chi connectivity index (χ1v) is 11.1. The Morgan fingerprint density at radius 2 is 1.68 bits per heavy atom. The summed E-state index contributed by atoms with van der Waals surface area (Å²) in [7, 11) is -3.68. The van der Waals surface area contributed by atoms with Crippen LogP contribution in [0.25, 0.3) is 0 Å². The summed E-state index contributed by atoms with van der Waals surface area (Å²) in [6.45, 7) is 3.85. The predicted molar refractivity (Wildman–Crippen MR) is 110 cm³/mol. The van der Waals surface area contributed by atoms with Gasteiger partial charge in [0.25, 0.3) is 5.91 Å². The van der Waals surface area contributed by atoms with E-state index in [9.17, 15) is 26.8 Å². The molecule has 1 N–H and O–H groups in total. The third-order valence-electron chi connectivity index (χ3n) is 5.12. The van der Waals surface area contributed by atoms with Crippen LogP contribution in [0.5, 0.6) is 0 Å². The number of nitrogens with one attached hydrogen (secondary N) is 1. The van der Waals surface area contributed by atoms with E-state index in [0.717, 1.165) is 17.7 Å². The number of sulfonamides is 1. The van der Waals surface area contributed by atoms with Gasteiger partial charge in [0.15, 0.2) is 0 Å². The number of carbonyl (C=O) groups is 2. The molecule has 31 heavy (non-hydrogen) atoms. The smallest absolute Gasteiger partial charge is 0.254 e. The molecule has 0 spiro atoms. The molecule has 0 unspecified atom stereocenters. The molecule has 2 amide bonds. The van der Waals surface area contributed by atoms with Crippen molar-refractivity contribution in [1.29, 1.82) is 0 Å². The Kier molecular flexibility index (Phi) is 6.71. The summed E-state index contributed by atoms with van der Waals surface area (Å²) in [5.41, 5.74) is 1.27. The van der Waals surface area contributed by atoms with Crippen molar-refractivity contribution in [3.63, 3.8) is 0 Å². The fraction of sp³-hybridized carbons (Fsp3) is 0.333. The summed E-state index contributed by atoms with van der Waals surface area (Å²) >= 11 is 0. The Morgan fingerprint density at radius 1 is 1.00 bits per heavy atom. The Morgan fingerprint density at radius 3 is 2.29 bits per heavy atom. The number of piperazine rings is 1. The first kappa shape index (κ1) is 22.8. The minimum atomic E-state index is -3.68. The lowest BCUT2D eigenvalue weighted by atomic mass is 10.2. The number of hydrogen-bond donors (Lipinski definition) is 1. The molecule has 0 atom stereocenters. The summed E-state index contributed by atoms with van der Waals surface area (Å²) in [6.07, 6.45) is 0. The molecule has 7 nitrogen and oxygen atoms in total. The second-order valence-corrected chi connectivity index (χ2v) is 9.27. The summed E-state index contributed by atoms with van der Waals surface area (Å²) in [5, 5.41) is 2.31. The number of halogens is 2. The molecule has 1 saturated heterocycles. The Bertz CT molecular complexity index is 1110. The maximum atomic E-state index is 13.7. The van der Waals surface area contributed by atoms with Gasteiger partial charge in [0, 0.05) is 32.2 Å². The third kappa shape index (κ3) is 5.08. The lowest BCUT2D eigenvalue weighted by Crippen LogP contribution is -2.52. The second kappa shape index (κ2) is 9.11. The molecule has 0 aromatic heterocycles. The van der Waals surface area contributed by atoms with Gasteiger partial charge in [-0.2, -0.15) is 4.31 Å². The normalized spacial score (nSPS) is 15.0. The molecule has 0 saturated carbocycles. The van der Waals surface area contributed by atoms with Gasteiger partial charge in [0.1, 0.15) is 11.6 Å². The number of aryl methyl sites for hydroxylation is 2. The molecule has 1 fully saturated rings. The number of benzene rings is 2. The van der Waals surface area contributed by atoms with Crippen LogP contribution in [0.2, 0.25) is 0 Å². The van der Waals surface area contributed by atoms with Gasteiger partial charge in [-0.05, 0) is 37.6 Å². The number of rotatable bonds is 5. The second-order valence-electron chi connectivity index (χ2n) is 7.36. The van der Waals surface area contributed by atoms with Crippen molar-refractivity contribution in [3.8, 4) is 0 Å². The van der Waals surface area contributed by atoms with Crippen molar-refractivity contribution in [2.45, 2.75) is 18.7 Å². The van der Waals surface area contributed by atoms with Gasteiger partial charge in [-0.15, -0.1) is 0 Å². The molecular weight excluding hydrogens is 428 g/mol. The van der Waals surface area contributed by atoms with E-state index in [-0.39, 0.29) is 43.2 Å². The number of hydrogen-bond acceptors (Lipinski definition) is 4. The summed E-state index contributed by atoms with van der Waals surface area (Å²) in [6, 6.07) is 7.68. The molecule has 1 aliphatic rings. The van der Waals surface area contributed by atoms with E-state index in [2.05, 4.69) is 5.32 Å². The molecule has 1 aliphatic heterocycles. The molecule has 0 bridgehead atoms. The number of nitrogens with zero attached hydrogens (tertiary/aromatic N) is 2. The minimum Gasteiger partial charge on any atom is -0.343 e. The van der Waals surface area contributed by atoms with Crippen LogP contribution >= 0.6 is 0 Å². The van der Waals surface area contributed by atoms with Crippen molar-refractivity contribution in [1.82, 2.24) is 14.5 Å². The maximum Gasteiger partial charge on any atom is 0.254 e. The van der Waals surface area contributed by atoms with Crippen LogP contribution in [0.1, 0.15) is 21.5 Å². The average Bonchev–Trinajstić information content (AvgIpc) is 2.71. The van der Waals surface area contributed by atoms with E-state index < -0.39 is 33.5 Å². The summed E-state index contributed by atoms with van der Waals surface area (Å²) in [4.78, 5) is 26.1. The van der Waals surface area contributed by atoms with Crippen LogP contribution in [0.3, 0.4) is 0 Å². The quantitative estimate of drug-likeness (QED) is 0.752. The zero-order valence-corrected chi connectivity index (χ0v) is 18.0. The molecule has 2 aromatic carbocycles. The summed E-state index contributed by atoms with van der Waals surface area (Å²) < 4.78 is 53.8. The monoisotopic (exact) mass is 451 g/mol. The van der Waals surface area contributed by atoms with Crippen LogP contribution in [0.15, 0.2) is 41.3 Å². The average molecular weight is 451 g/mol. The van der Waals surface area contributed by atoms with Gasteiger partial charge in [-0.25, -0.2) is 17.2 Å². The number of amides is 2. The highest BCUT2D eigenvalue weighted by Crippen LogP contribution is 2.22. The van der Waals surface area contributed by atoms with E-state index in [1.54, 1.807) is 25.1 Å². The van der Waals surface area contributed by atoms with Crippen molar-refractivity contribution < 1.29 is 26.8 Å². The Balaban J connectivity index is 1.56. The highest BCUT2D eigenvalue weighted by atomic mass is 32.2. The van der Waals surface area contributed by atoms with Crippen LogP contribution < -0.4 is 5.32 Å². The predicted octanol–water partition coefficient (Wildman–Crippen LogP) is 1.84. The van der Waals surface area contributed by atoms with Crippen molar-refractivity contribution in [2.75, 3.05) is 32.7 Å². The minimum absolute atomic E-state index is 0.127. The standard InChI is InChI=1S/C21H23F2N3O4S/c1-14-3-6-19(15(2)11-14)31(29,30)26-9-7-25(8-10-26)20(27)13-24-21(28)17-5-4-16(22)12-18(17)23/h3-6,11-12H,7-10,13H2,1-2H3,(H,24,28). The zero-order chi connectivity index (χ0) is 22.8. The molecule has 0 aliphatic carbocycles. The highest BCUT2D eigenvalue weighted by Gasteiger charge is 2.31. The van der Waals surface area contributed by atoms with Gasteiger partial charge in [0.2, 0.25) is 15.9 Å². The van der Waals surface area contributed by atoms with Crippen molar-refractivity contribution in [3.05, 3.63) is 64.7 Å². The topological polar surface area (TPSA) is 86.8 Å². The van der Waals surface area contributed by atoms with E-state index in [0.29, 0.717) is 11.6 Å². The Hall–Kier alpha value is -2.85. The first-order chi connectivity index (χ1) is 14.6. The van der Waals surface area contributed by atoms with Crippen LogP contribution in [-0.2, 0) is 14.8 Å². The summed E-state index contributed by atoms with van der Waals surface area (Å²) in [5.74, 6) is -3.07. The molecule has 10 heteroatoms. The maximum absolute atomic E-state index is 13.7. The molecule has 166 valence electrons. The molecule has 2 aromatic rings. The van der Waals surface area contributed by atoms with Gasteiger partial charge in [0.05, 0.1) is 17.0 Å². The van der Waals surface area contributed by atoms with Gasteiger partial charge in [-0.3, -0.25) is 9.59 Å². The van der Waals surface area contributed by atoms with E-state index in [1.807, 2.05) is 6.92 Å². The van der Waals surface area contributed by atoms with E-state index in [4.69, 9.17) is 0 Å². The third-order valence-corrected chi connectivity index (χ3v) is 7.17. The molecule has 1 heterocycles. The lowest BCUT2D eigenvalue weighted by molar-refractivity contribution is -0.131. The van der Waals surface area contributed by atoms with E-state index >= 15 is 0 Å². The lowest BCUT2D eigenvalue weighted by Gasteiger charge is -2.34. The highest BCUT2D eigenvalue weighted by molar-refractivity contribution is 7.89.